The van der Waals surface area contributed by atoms with Crippen LogP contribution in [0.3, 0.4) is 0 Å². The fraction of sp³-hybridized carbons (Fsp3) is 0.318. The Labute approximate surface area is 177 Å². The zero-order valence-electron chi connectivity index (χ0n) is 16.7. The molecule has 1 aromatic heterocycles. The summed E-state index contributed by atoms with van der Waals surface area (Å²) in [6.07, 6.45) is 2.10. The fourth-order valence-electron chi connectivity index (χ4n) is 3.42. The minimum absolute atomic E-state index is 0.0224. The number of aromatic nitrogens is 2. The summed E-state index contributed by atoms with van der Waals surface area (Å²) in [6.45, 7) is 0.561. The second-order valence-electron chi connectivity index (χ2n) is 7.36. The van der Waals surface area contributed by atoms with Crippen LogP contribution in [0.2, 0.25) is 0 Å². The van der Waals surface area contributed by atoms with Crippen molar-refractivity contribution in [3.8, 4) is 17.1 Å². The summed E-state index contributed by atoms with van der Waals surface area (Å²) in [7, 11) is 0.123. The number of benzene rings is 2. The average molecular weight is 426 g/mol. The molecule has 1 N–H and O–H groups in total. The topological polar surface area (TPSA) is 94.3 Å². The highest BCUT2D eigenvalue weighted by Crippen LogP contribution is 2.47. The van der Waals surface area contributed by atoms with Crippen LogP contribution in [-0.4, -0.2) is 39.7 Å². The van der Waals surface area contributed by atoms with Crippen molar-refractivity contribution < 1.29 is 18.3 Å². The van der Waals surface area contributed by atoms with E-state index in [4.69, 9.17) is 9.26 Å². The maximum Gasteiger partial charge on any atom is 0.239 e. The summed E-state index contributed by atoms with van der Waals surface area (Å²) < 4.78 is 22.9. The van der Waals surface area contributed by atoms with Crippen molar-refractivity contribution >= 4 is 16.7 Å². The maximum absolute atomic E-state index is 12.4. The number of para-hydroxylation sites is 1. The van der Waals surface area contributed by atoms with Crippen LogP contribution in [0.25, 0.3) is 11.4 Å². The Kier molecular flexibility index (Phi) is 5.94. The second-order valence-corrected chi connectivity index (χ2v) is 8.82. The smallest absolute Gasteiger partial charge is 0.239 e. The van der Waals surface area contributed by atoms with E-state index in [0.717, 1.165) is 12.8 Å². The molecule has 1 amide bonds. The van der Waals surface area contributed by atoms with Gasteiger partial charge in [0.05, 0.1) is 12.7 Å². The molecule has 0 bridgehead atoms. The van der Waals surface area contributed by atoms with Gasteiger partial charge in [0.2, 0.25) is 17.6 Å². The van der Waals surface area contributed by atoms with Crippen molar-refractivity contribution in [1.82, 2.24) is 15.5 Å². The predicted molar refractivity (Wildman–Crippen MR) is 113 cm³/mol. The van der Waals surface area contributed by atoms with E-state index in [1.807, 2.05) is 36.4 Å². The highest BCUT2D eigenvalue weighted by Gasteiger charge is 2.44. The summed E-state index contributed by atoms with van der Waals surface area (Å²) in [5.74, 6) is 0.904. The predicted octanol–water partition coefficient (Wildman–Crippen LogP) is 2.84. The molecule has 156 valence electrons. The summed E-state index contributed by atoms with van der Waals surface area (Å²) >= 11 is 0. The Morgan fingerprint density at radius 1 is 1.17 bits per heavy atom. The van der Waals surface area contributed by atoms with Crippen LogP contribution >= 0.6 is 0 Å². The first-order valence-electron chi connectivity index (χ1n) is 9.73. The molecule has 0 aliphatic heterocycles. The SMILES string of the molecule is COc1ccccc1-c1noc(CS(=O)CC(=O)NCC2(c3ccccc3)CC2)n1. The van der Waals surface area contributed by atoms with E-state index in [1.165, 1.54) is 5.56 Å². The van der Waals surface area contributed by atoms with Gasteiger partial charge in [-0.05, 0) is 30.5 Å². The number of methoxy groups -OCH3 is 1. The Morgan fingerprint density at radius 3 is 2.63 bits per heavy atom. The van der Waals surface area contributed by atoms with Gasteiger partial charge in [0.15, 0.2) is 0 Å². The molecule has 1 saturated carbocycles. The molecule has 1 atom stereocenters. The molecule has 0 saturated heterocycles. The van der Waals surface area contributed by atoms with Gasteiger partial charge in [-0.15, -0.1) is 0 Å². The molecular formula is C22H23N3O4S. The standard InChI is InChI=1S/C22H23N3O4S/c1-28-18-10-6-5-9-17(18)21-24-20(29-25-21)14-30(27)13-19(26)23-15-22(11-12-22)16-7-3-2-4-8-16/h2-10H,11-15H2,1H3,(H,23,26). The lowest BCUT2D eigenvalue weighted by atomic mass is 9.96. The number of rotatable bonds is 9. The third kappa shape index (κ3) is 4.59. The molecule has 0 radical (unpaired) electrons. The van der Waals surface area contributed by atoms with Crippen molar-refractivity contribution in [3.63, 3.8) is 0 Å². The first-order chi connectivity index (χ1) is 14.6. The highest BCUT2D eigenvalue weighted by atomic mass is 32.2. The number of hydrogen-bond acceptors (Lipinski definition) is 6. The van der Waals surface area contributed by atoms with E-state index in [9.17, 15) is 9.00 Å². The van der Waals surface area contributed by atoms with Crippen LogP contribution in [0.15, 0.2) is 59.1 Å². The molecule has 1 fully saturated rings. The largest absolute Gasteiger partial charge is 0.496 e. The molecule has 1 aliphatic rings. The van der Waals surface area contributed by atoms with Gasteiger partial charge in [-0.1, -0.05) is 47.6 Å². The summed E-state index contributed by atoms with van der Waals surface area (Å²) in [5, 5.41) is 6.87. The number of nitrogens with zero attached hydrogens (tertiary/aromatic N) is 2. The van der Waals surface area contributed by atoms with E-state index in [0.29, 0.717) is 23.7 Å². The molecule has 3 aromatic rings. The minimum atomic E-state index is -1.44. The monoisotopic (exact) mass is 425 g/mol. The molecule has 1 aliphatic carbocycles. The van der Waals surface area contributed by atoms with Crippen molar-refractivity contribution in [2.75, 3.05) is 19.4 Å². The van der Waals surface area contributed by atoms with Gasteiger partial charge in [0.1, 0.15) is 17.3 Å². The Morgan fingerprint density at radius 2 is 1.90 bits per heavy atom. The zero-order chi connectivity index (χ0) is 21.0. The number of carbonyl (C=O) groups is 1. The number of ether oxygens (including phenoxy) is 1. The Balaban J connectivity index is 1.30. The van der Waals surface area contributed by atoms with Crippen molar-refractivity contribution in [1.29, 1.82) is 0 Å². The van der Waals surface area contributed by atoms with E-state index >= 15 is 0 Å². The van der Waals surface area contributed by atoms with E-state index < -0.39 is 10.8 Å². The quantitative estimate of drug-likeness (QED) is 0.567. The number of hydrogen-bond donors (Lipinski definition) is 1. The van der Waals surface area contributed by atoms with Crippen LogP contribution in [0.4, 0.5) is 0 Å². The molecule has 2 aromatic carbocycles. The zero-order valence-corrected chi connectivity index (χ0v) is 17.5. The first kappa shape index (κ1) is 20.3. The van der Waals surface area contributed by atoms with Crippen molar-refractivity contribution in [2.45, 2.75) is 24.0 Å². The van der Waals surface area contributed by atoms with Crippen LogP contribution < -0.4 is 10.1 Å². The molecule has 1 heterocycles. The highest BCUT2D eigenvalue weighted by molar-refractivity contribution is 7.84. The second kappa shape index (κ2) is 8.79. The summed E-state index contributed by atoms with van der Waals surface area (Å²) in [4.78, 5) is 16.6. The normalized spacial score (nSPS) is 15.4. The third-order valence-corrected chi connectivity index (χ3v) is 6.41. The number of carbonyl (C=O) groups excluding carboxylic acids is 1. The number of nitrogens with one attached hydrogen (secondary N) is 1. The Hall–Kier alpha value is -3.00. The van der Waals surface area contributed by atoms with E-state index in [2.05, 4.69) is 27.6 Å². The van der Waals surface area contributed by atoms with Gasteiger partial charge in [-0.2, -0.15) is 4.98 Å². The first-order valence-corrected chi connectivity index (χ1v) is 11.2. The number of amides is 1. The van der Waals surface area contributed by atoms with Gasteiger partial charge in [0, 0.05) is 22.8 Å². The third-order valence-electron chi connectivity index (χ3n) is 5.26. The van der Waals surface area contributed by atoms with Crippen LogP contribution in [0, 0.1) is 0 Å². The van der Waals surface area contributed by atoms with Crippen LogP contribution in [0.5, 0.6) is 5.75 Å². The lowest BCUT2D eigenvalue weighted by molar-refractivity contribution is -0.118. The maximum atomic E-state index is 12.4. The van der Waals surface area contributed by atoms with Crippen LogP contribution in [0.1, 0.15) is 24.3 Å². The molecule has 8 heteroatoms. The average Bonchev–Trinajstić information content (AvgIpc) is 3.44. The lowest BCUT2D eigenvalue weighted by Gasteiger charge is -2.16. The van der Waals surface area contributed by atoms with Crippen molar-refractivity contribution in [2.24, 2.45) is 0 Å². The fourth-order valence-corrected chi connectivity index (χ4v) is 4.31. The molecule has 30 heavy (non-hydrogen) atoms. The van der Waals surface area contributed by atoms with Gasteiger partial charge >= 0.3 is 0 Å². The molecule has 4 rings (SSSR count). The van der Waals surface area contributed by atoms with E-state index in [1.54, 1.807) is 13.2 Å². The summed E-state index contributed by atoms with van der Waals surface area (Å²) in [6, 6.07) is 17.5. The lowest BCUT2D eigenvalue weighted by Crippen LogP contribution is -2.35. The van der Waals surface area contributed by atoms with Gasteiger partial charge in [-0.3, -0.25) is 9.00 Å². The molecular weight excluding hydrogens is 402 g/mol. The van der Waals surface area contributed by atoms with Gasteiger partial charge in [-0.25, -0.2) is 0 Å². The molecule has 0 spiro atoms. The molecule has 7 nitrogen and oxygen atoms in total. The van der Waals surface area contributed by atoms with Crippen LogP contribution in [-0.2, 0) is 26.8 Å². The van der Waals surface area contributed by atoms with E-state index in [-0.39, 0.29) is 28.7 Å². The minimum Gasteiger partial charge on any atom is -0.496 e. The summed E-state index contributed by atoms with van der Waals surface area (Å²) in [5.41, 5.74) is 1.95. The van der Waals surface area contributed by atoms with Gasteiger partial charge < -0.3 is 14.6 Å². The Bertz CT molecular complexity index is 1050. The molecule has 1 unspecified atom stereocenters. The van der Waals surface area contributed by atoms with Gasteiger partial charge in [0.25, 0.3) is 0 Å². The van der Waals surface area contributed by atoms with Crippen molar-refractivity contribution in [3.05, 3.63) is 66.1 Å².